The highest BCUT2D eigenvalue weighted by Crippen LogP contribution is 2.16. The SMILES string of the molecule is C[C@H](OC(=O)c1n[nH]c(=O)c2ccccc12)C(=O)Nc1ncnc2nc[nH]c12. The Morgan fingerprint density at radius 3 is 2.75 bits per heavy atom. The number of H-pyrrole nitrogens is 2. The molecule has 3 aromatic heterocycles. The summed E-state index contributed by atoms with van der Waals surface area (Å²) in [5.41, 5.74) is 0.319. The highest BCUT2D eigenvalue weighted by Gasteiger charge is 2.23. The van der Waals surface area contributed by atoms with Gasteiger partial charge in [0.15, 0.2) is 23.3 Å². The van der Waals surface area contributed by atoms with Crippen molar-refractivity contribution in [1.82, 2.24) is 30.1 Å². The van der Waals surface area contributed by atoms with Crippen molar-refractivity contribution in [2.45, 2.75) is 13.0 Å². The standard InChI is InChI=1S/C17H13N7O4/c1-8(15(25)22-14-12-13(19-6-18-12)20-7-21-14)28-17(27)11-9-4-2-3-5-10(9)16(26)24-23-11/h2-8H,1H3,(H,24,26)(H2,18,19,20,21,22,25)/t8-/m0/s1. The Balaban J connectivity index is 1.53. The van der Waals surface area contributed by atoms with Crippen LogP contribution in [0.3, 0.4) is 0 Å². The van der Waals surface area contributed by atoms with Crippen LogP contribution < -0.4 is 10.9 Å². The molecule has 28 heavy (non-hydrogen) atoms. The molecule has 1 aromatic carbocycles. The van der Waals surface area contributed by atoms with Crippen molar-refractivity contribution >= 4 is 39.6 Å². The molecule has 0 saturated carbocycles. The molecule has 3 N–H and O–H groups in total. The molecule has 4 rings (SSSR count). The number of benzene rings is 1. The number of carbonyl (C=O) groups excluding carboxylic acids is 2. The molecular weight excluding hydrogens is 366 g/mol. The van der Waals surface area contributed by atoms with Crippen molar-refractivity contribution < 1.29 is 14.3 Å². The molecule has 0 fully saturated rings. The smallest absolute Gasteiger partial charge is 0.360 e. The van der Waals surface area contributed by atoms with Gasteiger partial charge < -0.3 is 15.0 Å². The van der Waals surface area contributed by atoms with E-state index in [-0.39, 0.29) is 11.5 Å². The average molecular weight is 379 g/mol. The summed E-state index contributed by atoms with van der Waals surface area (Å²) >= 11 is 0. The van der Waals surface area contributed by atoms with Crippen LogP contribution in [0.5, 0.6) is 0 Å². The largest absolute Gasteiger partial charge is 0.448 e. The van der Waals surface area contributed by atoms with Gasteiger partial charge in [-0.3, -0.25) is 9.59 Å². The number of nitrogens with one attached hydrogen (secondary N) is 3. The molecule has 0 bridgehead atoms. The van der Waals surface area contributed by atoms with Crippen LogP contribution >= 0.6 is 0 Å². The van der Waals surface area contributed by atoms with E-state index >= 15 is 0 Å². The van der Waals surface area contributed by atoms with Gasteiger partial charge in [0, 0.05) is 5.39 Å². The number of aromatic amines is 2. The lowest BCUT2D eigenvalue weighted by Crippen LogP contribution is -2.31. The Kier molecular flexibility index (Phi) is 4.24. The molecule has 0 aliphatic rings. The fraction of sp³-hybridized carbons (Fsp3) is 0.118. The number of nitrogens with zero attached hydrogens (tertiary/aromatic N) is 4. The van der Waals surface area contributed by atoms with Crippen molar-refractivity contribution in [3.63, 3.8) is 0 Å². The highest BCUT2D eigenvalue weighted by molar-refractivity contribution is 6.04. The summed E-state index contributed by atoms with van der Waals surface area (Å²) in [6.07, 6.45) is 1.53. The van der Waals surface area contributed by atoms with E-state index in [1.54, 1.807) is 24.3 Å². The Hall–Kier alpha value is -4.15. The van der Waals surface area contributed by atoms with Crippen LogP contribution in [0.15, 0.2) is 41.7 Å². The third-order valence-electron chi connectivity index (χ3n) is 4.01. The van der Waals surface area contributed by atoms with Crippen molar-refractivity contribution in [3.05, 3.63) is 53.0 Å². The minimum absolute atomic E-state index is 0.0900. The zero-order chi connectivity index (χ0) is 19.7. The minimum Gasteiger partial charge on any atom is -0.448 e. The first kappa shape index (κ1) is 17.3. The predicted molar refractivity (Wildman–Crippen MR) is 97.6 cm³/mol. The maximum Gasteiger partial charge on any atom is 0.360 e. The van der Waals surface area contributed by atoms with Crippen LogP contribution in [0.2, 0.25) is 0 Å². The summed E-state index contributed by atoms with van der Waals surface area (Å²) in [5.74, 6) is -1.23. The lowest BCUT2D eigenvalue weighted by atomic mass is 10.1. The normalized spacial score (nSPS) is 12.0. The van der Waals surface area contributed by atoms with E-state index in [1.807, 2.05) is 0 Å². The monoisotopic (exact) mass is 379 g/mol. The van der Waals surface area contributed by atoms with Crippen LogP contribution in [0.25, 0.3) is 21.9 Å². The van der Waals surface area contributed by atoms with Gasteiger partial charge in [-0.2, -0.15) is 5.10 Å². The Bertz CT molecular complexity index is 1260. The van der Waals surface area contributed by atoms with Gasteiger partial charge in [0.25, 0.3) is 11.5 Å². The first-order chi connectivity index (χ1) is 13.5. The summed E-state index contributed by atoms with van der Waals surface area (Å²) in [4.78, 5) is 51.4. The molecule has 11 heteroatoms. The molecule has 140 valence electrons. The van der Waals surface area contributed by atoms with Gasteiger partial charge in [-0.15, -0.1) is 0 Å². The first-order valence-electron chi connectivity index (χ1n) is 8.18. The number of ether oxygens (including phenoxy) is 1. The van der Waals surface area contributed by atoms with Crippen LogP contribution in [-0.2, 0) is 9.53 Å². The fourth-order valence-corrected chi connectivity index (χ4v) is 2.62. The predicted octanol–water partition coefficient (Wildman–Crippen LogP) is 0.773. The fourth-order valence-electron chi connectivity index (χ4n) is 2.62. The summed E-state index contributed by atoms with van der Waals surface area (Å²) in [5, 5.41) is 9.19. The zero-order valence-corrected chi connectivity index (χ0v) is 14.5. The molecule has 1 amide bonds. The summed E-state index contributed by atoms with van der Waals surface area (Å²) in [7, 11) is 0. The summed E-state index contributed by atoms with van der Waals surface area (Å²) in [6.45, 7) is 1.41. The molecule has 0 unspecified atom stereocenters. The Labute approximate surface area is 156 Å². The van der Waals surface area contributed by atoms with E-state index in [1.165, 1.54) is 19.6 Å². The van der Waals surface area contributed by atoms with Gasteiger partial charge in [-0.05, 0) is 13.0 Å². The number of esters is 1. The second-order valence-corrected chi connectivity index (χ2v) is 5.81. The summed E-state index contributed by atoms with van der Waals surface area (Å²) in [6, 6.07) is 6.48. The van der Waals surface area contributed by atoms with Crippen LogP contribution in [0.4, 0.5) is 5.82 Å². The number of anilines is 1. The number of amides is 1. The number of hydrogen-bond donors (Lipinski definition) is 3. The number of fused-ring (bicyclic) bond motifs is 2. The van der Waals surface area contributed by atoms with Crippen LogP contribution in [0, 0.1) is 0 Å². The van der Waals surface area contributed by atoms with Crippen LogP contribution in [0.1, 0.15) is 17.4 Å². The summed E-state index contributed by atoms with van der Waals surface area (Å²) < 4.78 is 5.21. The van der Waals surface area contributed by atoms with E-state index in [0.29, 0.717) is 21.9 Å². The highest BCUT2D eigenvalue weighted by atomic mass is 16.5. The number of imidazole rings is 1. The molecule has 0 radical (unpaired) electrons. The zero-order valence-electron chi connectivity index (χ0n) is 14.5. The topological polar surface area (TPSA) is 156 Å². The maximum absolute atomic E-state index is 12.5. The van der Waals surface area contributed by atoms with Gasteiger partial charge in [-0.1, -0.05) is 18.2 Å². The molecular formula is C17H13N7O4. The van der Waals surface area contributed by atoms with E-state index in [2.05, 4.69) is 35.5 Å². The quantitative estimate of drug-likeness (QED) is 0.439. The van der Waals surface area contributed by atoms with E-state index in [0.717, 1.165) is 0 Å². The van der Waals surface area contributed by atoms with E-state index < -0.39 is 23.5 Å². The lowest BCUT2D eigenvalue weighted by molar-refractivity contribution is -0.123. The van der Waals surface area contributed by atoms with Gasteiger partial charge in [0.05, 0.1) is 11.7 Å². The van der Waals surface area contributed by atoms with Gasteiger partial charge in [-0.25, -0.2) is 24.8 Å². The third kappa shape index (κ3) is 3.05. The Morgan fingerprint density at radius 2 is 1.93 bits per heavy atom. The molecule has 1 atom stereocenters. The molecule has 0 spiro atoms. The van der Waals surface area contributed by atoms with Crippen molar-refractivity contribution in [1.29, 1.82) is 0 Å². The molecule has 0 aliphatic carbocycles. The van der Waals surface area contributed by atoms with Gasteiger partial charge in [0.1, 0.15) is 11.8 Å². The second-order valence-electron chi connectivity index (χ2n) is 5.81. The van der Waals surface area contributed by atoms with Crippen molar-refractivity contribution in [2.75, 3.05) is 5.32 Å². The Morgan fingerprint density at radius 1 is 1.14 bits per heavy atom. The number of hydrogen-bond acceptors (Lipinski definition) is 8. The third-order valence-corrected chi connectivity index (χ3v) is 4.01. The van der Waals surface area contributed by atoms with Crippen LogP contribution in [-0.4, -0.2) is 48.1 Å². The number of carbonyl (C=O) groups is 2. The minimum atomic E-state index is -1.15. The molecule has 11 nitrogen and oxygen atoms in total. The number of rotatable bonds is 4. The molecule has 0 saturated heterocycles. The van der Waals surface area contributed by atoms with E-state index in [9.17, 15) is 14.4 Å². The first-order valence-corrected chi connectivity index (χ1v) is 8.18. The maximum atomic E-state index is 12.5. The van der Waals surface area contributed by atoms with Gasteiger partial charge in [0.2, 0.25) is 0 Å². The average Bonchev–Trinajstić information content (AvgIpc) is 3.18. The second kappa shape index (κ2) is 6.87. The van der Waals surface area contributed by atoms with Crippen molar-refractivity contribution in [3.8, 4) is 0 Å². The molecule has 3 heterocycles. The van der Waals surface area contributed by atoms with E-state index in [4.69, 9.17) is 4.74 Å². The lowest BCUT2D eigenvalue weighted by Gasteiger charge is -2.13. The molecule has 0 aliphatic heterocycles. The molecule has 4 aromatic rings. The van der Waals surface area contributed by atoms with Crippen molar-refractivity contribution in [2.24, 2.45) is 0 Å². The van der Waals surface area contributed by atoms with Gasteiger partial charge >= 0.3 is 5.97 Å². The number of aromatic nitrogens is 6.